The molecule has 0 fully saturated rings. The van der Waals surface area contributed by atoms with Crippen molar-refractivity contribution in [3.8, 4) is 0 Å². The van der Waals surface area contributed by atoms with Gasteiger partial charge in [-0.2, -0.15) is 4.98 Å². The fourth-order valence-corrected chi connectivity index (χ4v) is 1.70. The maximum Gasteiger partial charge on any atom is 0.270 e. The summed E-state index contributed by atoms with van der Waals surface area (Å²) in [6.07, 6.45) is 1.72. The van der Waals surface area contributed by atoms with E-state index in [-0.39, 0.29) is 11.9 Å². The highest BCUT2D eigenvalue weighted by molar-refractivity contribution is 5.92. The van der Waals surface area contributed by atoms with Gasteiger partial charge in [-0.1, -0.05) is 25.1 Å². The van der Waals surface area contributed by atoms with E-state index >= 15 is 0 Å². The predicted octanol–water partition coefficient (Wildman–Crippen LogP) is 2.39. The van der Waals surface area contributed by atoms with Gasteiger partial charge in [-0.05, 0) is 31.4 Å². The Bertz CT molecular complexity index is 589. The predicted molar refractivity (Wildman–Crippen MR) is 73.2 cm³/mol. The van der Waals surface area contributed by atoms with E-state index in [0.29, 0.717) is 23.3 Å². The maximum absolute atomic E-state index is 12.1. The first-order valence-electron chi connectivity index (χ1n) is 6.54. The molecule has 1 N–H and O–H groups in total. The van der Waals surface area contributed by atoms with Crippen LogP contribution in [0.1, 0.15) is 60.5 Å². The molecule has 1 unspecified atom stereocenters. The molecule has 2 rings (SSSR count). The third-order valence-corrected chi connectivity index (χ3v) is 2.95. The molecular formula is C14H18N4O2. The van der Waals surface area contributed by atoms with Crippen molar-refractivity contribution < 1.29 is 9.32 Å². The van der Waals surface area contributed by atoms with Crippen molar-refractivity contribution in [2.75, 3.05) is 0 Å². The molecule has 0 saturated carbocycles. The summed E-state index contributed by atoms with van der Waals surface area (Å²) in [4.78, 5) is 20.3. The third kappa shape index (κ3) is 3.20. The number of carbonyl (C=O) groups excluding carboxylic acids is 1. The van der Waals surface area contributed by atoms with E-state index in [4.69, 9.17) is 4.52 Å². The van der Waals surface area contributed by atoms with Crippen LogP contribution in [0.25, 0.3) is 0 Å². The number of hydrogen-bond acceptors (Lipinski definition) is 5. The highest BCUT2D eigenvalue weighted by Gasteiger charge is 2.17. The van der Waals surface area contributed by atoms with Crippen molar-refractivity contribution in [2.45, 2.75) is 39.7 Å². The molecular weight excluding hydrogens is 256 g/mol. The topological polar surface area (TPSA) is 80.9 Å². The molecule has 0 spiro atoms. The Hall–Kier alpha value is -2.24. The van der Waals surface area contributed by atoms with Crippen LogP contribution in [-0.4, -0.2) is 21.0 Å². The summed E-state index contributed by atoms with van der Waals surface area (Å²) < 4.78 is 5.02. The van der Waals surface area contributed by atoms with E-state index < -0.39 is 0 Å². The summed E-state index contributed by atoms with van der Waals surface area (Å²) in [6.45, 7) is 7.68. The van der Waals surface area contributed by atoms with E-state index in [1.165, 1.54) is 0 Å². The summed E-state index contributed by atoms with van der Waals surface area (Å²) in [7, 11) is 0. The lowest BCUT2D eigenvalue weighted by atomic mass is 10.1. The Morgan fingerprint density at radius 3 is 2.55 bits per heavy atom. The van der Waals surface area contributed by atoms with Crippen LogP contribution in [0.2, 0.25) is 0 Å². The van der Waals surface area contributed by atoms with Crippen LogP contribution in [-0.2, 0) is 0 Å². The van der Waals surface area contributed by atoms with Crippen LogP contribution in [0.3, 0.4) is 0 Å². The number of aryl methyl sites for hydroxylation is 1. The molecule has 2 aromatic rings. The molecule has 0 saturated heterocycles. The number of pyridine rings is 1. The molecule has 6 nitrogen and oxygen atoms in total. The number of nitrogens with one attached hydrogen (secondary N) is 1. The molecule has 0 aromatic carbocycles. The fourth-order valence-electron chi connectivity index (χ4n) is 1.70. The maximum atomic E-state index is 12.1. The molecule has 0 aliphatic rings. The van der Waals surface area contributed by atoms with E-state index in [1.807, 2.05) is 6.07 Å². The zero-order valence-corrected chi connectivity index (χ0v) is 12.0. The Kier molecular flexibility index (Phi) is 4.12. The van der Waals surface area contributed by atoms with Gasteiger partial charge in [0.2, 0.25) is 5.89 Å². The molecule has 2 heterocycles. The largest absolute Gasteiger partial charge is 0.339 e. The standard InChI is InChI=1S/C14H18N4O2/c1-8(2)11-5-6-12(15-7-11)13(19)16-9(3)14-17-10(4)18-20-14/h5-9H,1-4H3,(H,16,19). The Morgan fingerprint density at radius 1 is 1.30 bits per heavy atom. The molecule has 0 aliphatic carbocycles. The van der Waals surface area contributed by atoms with Gasteiger partial charge in [0.05, 0.1) is 0 Å². The first kappa shape index (κ1) is 14.2. The molecule has 2 aromatic heterocycles. The van der Waals surface area contributed by atoms with Crippen LogP contribution in [0.15, 0.2) is 22.9 Å². The third-order valence-electron chi connectivity index (χ3n) is 2.95. The van der Waals surface area contributed by atoms with Gasteiger partial charge in [0, 0.05) is 6.20 Å². The summed E-state index contributed by atoms with van der Waals surface area (Å²) in [5.74, 6) is 1.05. The van der Waals surface area contributed by atoms with E-state index in [0.717, 1.165) is 5.56 Å². The lowest BCUT2D eigenvalue weighted by Gasteiger charge is -2.10. The van der Waals surface area contributed by atoms with Gasteiger partial charge in [0.15, 0.2) is 5.82 Å². The fraction of sp³-hybridized carbons (Fsp3) is 0.429. The van der Waals surface area contributed by atoms with Gasteiger partial charge in [-0.3, -0.25) is 9.78 Å². The minimum Gasteiger partial charge on any atom is -0.339 e. The number of carbonyl (C=O) groups is 1. The number of rotatable bonds is 4. The highest BCUT2D eigenvalue weighted by atomic mass is 16.5. The minimum absolute atomic E-state index is 0.261. The molecule has 6 heteroatoms. The molecule has 0 aliphatic heterocycles. The zero-order chi connectivity index (χ0) is 14.7. The second-order valence-electron chi connectivity index (χ2n) is 5.01. The molecule has 1 amide bonds. The van der Waals surface area contributed by atoms with Crippen LogP contribution in [0.4, 0.5) is 0 Å². The number of aromatic nitrogens is 3. The molecule has 0 radical (unpaired) electrons. The van der Waals surface area contributed by atoms with Crippen molar-refractivity contribution in [3.63, 3.8) is 0 Å². The van der Waals surface area contributed by atoms with Gasteiger partial charge in [-0.25, -0.2) is 0 Å². The van der Waals surface area contributed by atoms with E-state index in [1.54, 1.807) is 26.1 Å². The van der Waals surface area contributed by atoms with Crippen molar-refractivity contribution in [3.05, 3.63) is 41.3 Å². The molecule has 106 valence electrons. The number of nitrogens with zero attached hydrogens (tertiary/aromatic N) is 3. The summed E-state index contributed by atoms with van der Waals surface area (Å²) in [5, 5.41) is 6.47. The van der Waals surface area contributed by atoms with Crippen LogP contribution in [0, 0.1) is 6.92 Å². The second-order valence-corrected chi connectivity index (χ2v) is 5.01. The smallest absolute Gasteiger partial charge is 0.270 e. The first-order chi connectivity index (χ1) is 9.47. The van der Waals surface area contributed by atoms with Crippen LogP contribution in [0.5, 0.6) is 0 Å². The Morgan fingerprint density at radius 2 is 2.05 bits per heavy atom. The van der Waals surface area contributed by atoms with E-state index in [2.05, 4.69) is 34.3 Å². The lowest BCUT2D eigenvalue weighted by molar-refractivity contribution is 0.0927. The van der Waals surface area contributed by atoms with Gasteiger partial charge in [0.1, 0.15) is 11.7 Å². The number of amides is 1. The van der Waals surface area contributed by atoms with Crippen molar-refractivity contribution >= 4 is 5.91 Å². The van der Waals surface area contributed by atoms with Crippen LogP contribution >= 0.6 is 0 Å². The van der Waals surface area contributed by atoms with E-state index in [9.17, 15) is 4.79 Å². The molecule has 20 heavy (non-hydrogen) atoms. The van der Waals surface area contributed by atoms with Gasteiger partial charge in [-0.15, -0.1) is 0 Å². The number of hydrogen-bond donors (Lipinski definition) is 1. The monoisotopic (exact) mass is 274 g/mol. The first-order valence-corrected chi connectivity index (χ1v) is 6.54. The lowest BCUT2D eigenvalue weighted by Crippen LogP contribution is -2.27. The van der Waals surface area contributed by atoms with Crippen molar-refractivity contribution in [1.29, 1.82) is 0 Å². The highest BCUT2D eigenvalue weighted by Crippen LogP contribution is 2.14. The average Bonchev–Trinajstić information content (AvgIpc) is 2.85. The minimum atomic E-state index is -0.352. The van der Waals surface area contributed by atoms with Gasteiger partial charge >= 0.3 is 0 Å². The summed E-state index contributed by atoms with van der Waals surface area (Å²) in [6, 6.07) is 3.28. The Balaban J connectivity index is 2.04. The molecule has 0 bridgehead atoms. The molecule has 1 atom stereocenters. The normalized spacial score (nSPS) is 12.4. The summed E-state index contributed by atoms with van der Waals surface area (Å²) in [5.41, 5.74) is 1.47. The second kappa shape index (κ2) is 5.81. The van der Waals surface area contributed by atoms with Crippen LogP contribution < -0.4 is 5.32 Å². The van der Waals surface area contributed by atoms with Gasteiger partial charge in [0.25, 0.3) is 5.91 Å². The quantitative estimate of drug-likeness (QED) is 0.925. The summed E-state index contributed by atoms with van der Waals surface area (Å²) >= 11 is 0. The van der Waals surface area contributed by atoms with Crippen molar-refractivity contribution in [2.24, 2.45) is 0 Å². The average molecular weight is 274 g/mol. The SMILES string of the molecule is Cc1noc(C(C)NC(=O)c2ccc(C(C)C)cn2)n1. The Labute approximate surface area is 117 Å². The zero-order valence-electron chi connectivity index (χ0n) is 12.0. The van der Waals surface area contributed by atoms with Crippen molar-refractivity contribution in [1.82, 2.24) is 20.4 Å². The van der Waals surface area contributed by atoms with Gasteiger partial charge < -0.3 is 9.84 Å².